The normalized spacial score (nSPS) is 14.5. The van der Waals surface area contributed by atoms with Gasteiger partial charge in [-0.05, 0) is 49.1 Å². The van der Waals surface area contributed by atoms with Gasteiger partial charge in [0.05, 0.1) is 11.9 Å². The van der Waals surface area contributed by atoms with E-state index in [0.717, 1.165) is 52.9 Å². The number of nitrogens with one attached hydrogen (secondary N) is 1. The van der Waals surface area contributed by atoms with E-state index in [1.54, 1.807) is 18.2 Å². The number of hydrogen-bond donors (Lipinski definition) is 1. The summed E-state index contributed by atoms with van der Waals surface area (Å²) in [5.74, 6) is -0.708. The highest BCUT2D eigenvalue weighted by molar-refractivity contribution is 7.92. The minimum Gasteiger partial charge on any atom is -0.352 e. The Balaban J connectivity index is 1.72. The molecule has 0 aliphatic heterocycles. The van der Waals surface area contributed by atoms with Crippen molar-refractivity contribution in [3.63, 3.8) is 0 Å². The van der Waals surface area contributed by atoms with Gasteiger partial charge in [-0.15, -0.1) is 0 Å². The third-order valence-electron chi connectivity index (χ3n) is 7.18. The van der Waals surface area contributed by atoms with Gasteiger partial charge in [-0.3, -0.25) is 13.9 Å². The first-order chi connectivity index (χ1) is 19.1. The number of sulfonamides is 1. The van der Waals surface area contributed by atoms with Crippen LogP contribution in [0.1, 0.15) is 42.4 Å². The second kappa shape index (κ2) is 13.3. The number of benzene rings is 3. The Morgan fingerprint density at radius 3 is 2.27 bits per heavy atom. The molecule has 1 N–H and O–H groups in total. The van der Waals surface area contributed by atoms with Crippen LogP contribution < -0.4 is 9.62 Å². The van der Waals surface area contributed by atoms with Crippen molar-refractivity contribution in [1.29, 1.82) is 0 Å². The number of amides is 2. The monoisotopic (exact) mass is 581 g/mol. The highest BCUT2D eigenvalue weighted by atomic mass is 35.5. The van der Waals surface area contributed by atoms with Gasteiger partial charge in [0.15, 0.2) is 0 Å². The number of halogens is 1. The summed E-state index contributed by atoms with van der Waals surface area (Å²) in [5, 5.41) is 3.53. The van der Waals surface area contributed by atoms with Gasteiger partial charge in [-0.25, -0.2) is 8.42 Å². The molecule has 0 radical (unpaired) electrons. The Hall–Kier alpha value is -3.36. The van der Waals surface area contributed by atoms with Gasteiger partial charge in [0.25, 0.3) is 0 Å². The average molecular weight is 582 g/mol. The highest BCUT2D eigenvalue weighted by Gasteiger charge is 2.34. The van der Waals surface area contributed by atoms with E-state index in [1.165, 1.54) is 11.0 Å². The Bertz CT molecular complexity index is 1430. The fourth-order valence-electron chi connectivity index (χ4n) is 5.17. The van der Waals surface area contributed by atoms with Gasteiger partial charge in [0.1, 0.15) is 12.6 Å². The molecule has 1 aliphatic rings. The molecule has 0 unspecified atom stereocenters. The molecule has 1 fully saturated rings. The molecule has 0 heterocycles. The fourth-order valence-corrected chi connectivity index (χ4v) is 6.20. The van der Waals surface area contributed by atoms with Crippen molar-refractivity contribution in [2.45, 2.75) is 57.7 Å². The summed E-state index contributed by atoms with van der Waals surface area (Å²) in [5.41, 5.74) is 3.07. The van der Waals surface area contributed by atoms with Crippen LogP contribution in [0.2, 0.25) is 5.02 Å². The molecule has 0 bridgehead atoms. The van der Waals surface area contributed by atoms with Crippen molar-refractivity contribution in [1.82, 2.24) is 10.2 Å². The van der Waals surface area contributed by atoms with Gasteiger partial charge in [-0.2, -0.15) is 0 Å². The van der Waals surface area contributed by atoms with E-state index in [9.17, 15) is 18.0 Å². The Labute approximate surface area is 242 Å². The highest BCUT2D eigenvalue weighted by Crippen LogP contribution is 2.24. The third kappa shape index (κ3) is 8.08. The molecule has 0 aromatic heterocycles. The van der Waals surface area contributed by atoms with Gasteiger partial charge in [-0.1, -0.05) is 90.7 Å². The second-order valence-electron chi connectivity index (χ2n) is 10.5. The molecule has 1 saturated carbocycles. The lowest BCUT2D eigenvalue weighted by molar-refractivity contribution is -0.140. The lowest BCUT2D eigenvalue weighted by atomic mass is 10.0. The van der Waals surface area contributed by atoms with Crippen LogP contribution in [0.25, 0.3) is 0 Å². The van der Waals surface area contributed by atoms with E-state index in [0.29, 0.717) is 11.4 Å². The predicted octanol–water partition coefficient (Wildman–Crippen LogP) is 5.11. The van der Waals surface area contributed by atoms with Crippen LogP contribution >= 0.6 is 11.6 Å². The number of anilines is 1. The molecule has 4 rings (SSSR count). The number of aryl methyl sites for hydroxylation is 1. The molecule has 7 nitrogen and oxygen atoms in total. The van der Waals surface area contributed by atoms with Gasteiger partial charge < -0.3 is 10.2 Å². The molecule has 1 atom stereocenters. The number of nitrogens with zero attached hydrogens (tertiary/aromatic N) is 2. The summed E-state index contributed by atoms with van der Waals surface area (Å²) in [4.78, 5) is 29.5. The molecule has 0 saturated heterocycles. The summed E-state index contributed by atoms with van der Waals surface area (Å²) in [6.07, 6.45) is 5.29. The standard InChI is InChI=1S/C31H36ClN3O4S/c1-23-10-8-13-25(18-23)21-34(30(36)22-35(40(2,38)39)28-17-9-14-26(32)20-28)29(19-24-11-4-3-5-12-24)31(37)33-27-15-6-7-16-27/h3-5,8-14,17-18,20,27,29H,6-7,15-16,19,21-22H2,1-2H3,(H,33,37)/t29-/m0/s1. The zero-order valence-corrected chi connectivity index (χ0v) is 24.5. The van der Waals surface area contributed by atoms with Gasteiger partial charge in [0, 0.05) is 24.0 Å². The first-order valence-electron chi connectivity index (χ1n) is 13.5. The molecule has 212 valence electrons. The molecule has 3 aromatic rings. The minimum absolute atomic E-state index is 0.0701. The SMILES string of the molecule is Cc1cccc(CN(C(=O)CN(c2cccc(Cl)c2)S(C)(=O)=O)[C@@H](Cc2ccccc2)C(=O)NC2CCCC2)c1. The molecular weight excluding hydrogens is 546 g/mol. The first-order valence-corrected chi connectivity index (χ1v) is 15.8. The lowest BCUT2D eigenvalue weighted by Crippen LogP contribution is -2.54. The predicted molar refractivity (Wildman–Crippen MR) is 160 cm³/mol. The topological polar surface area (TPSA) is 86.8 Å². The number of rotatable bonds is 11. The van der Waals surface area contributed by atoms with E-state index >= 15 is 0 Å². The fraction of sp³-hybridized carbons (Fsp3) is 0.355. The molecule has 0 spiro atoms. The lowest BCUT2D eigenvalue weighted by Gasteiger charge is -2.34. The van der Waals surface area contributed by atoms with E-state index in [4.69, 9.17) is 11.6 Å². The van der Waals surface area contributed by atoms with Crippen molar-refractivity contribution in [3.05, 3.63) is 101 Å². The van der Waals surface area contributed by atoms with Crippen LogP contribution in [-0.2, 0) is 32.6 Å². The van der Waals surface area contributed by atoms with E-state index in [2.05, 4.69) is 5.32 Å². The first kappa shape index (κ1) is 29.6. The summed E-state index contributed by atoms with van der Waals surface area (Å²) < 4.78 is 26.8. The molecule has 1 aliphatic carbocycles. The Morgan fingerprint density at radius 2 is 1.62 bits per heavy atom. The molecule has 40 heavy (non-hydrogen) atoms. The molecule has 2 amide bonds. The quantitative estimate of drug-likeness (QED) is 0.341. The molecule has 9 heteroatoms. The smallest absolute Gasteiger partial charge is 0.244 e. The number of hydrogen-bond acceptors (Lipinski definition) is 4. The van der Waals surface area contributed by atoms with Crippen LogP contribution in [0, 0.1) is 6.92 Å². The van der Waals surface area contributed by atoms with Crippen LogP contribution in [-0.4, -0.2) is 50.0 Å². The molecular formula is C31H36ClN3O4S. The maximum Gasteiger partial charge on any atom is 0.244 e. The zero-order chi connectivity index (χ0) is 28.7. The van der Waals surface area contributed by atoms with Crippen molar-refractivity contribution >= 4 is 39.1 Å². The maximum atomic E-state index is 14.1. The summed E-state index contributed by atoms with van der Waals surface area (Å²) >= 11 is 6.15. The van der Waals surface area contributed by atoms with E-state index < -0.39 is 28.5 Å². The summed E-state index contributed by atoms with van der Waals surface area (Å²) in [6.45, 7) is 1.66. The summed E-state index contributed by atoms with van der Waals surface area (Å²) in [7, 11) is -3.84. The van der Waals surface area contributed by atoms with Crippen molar-refractivity contribution in [3.8, 4) is 0 Å². The minimum atomic E-state index is -3.84. The summed E-state index contributed by atoms with van der Waals surface area (Å²) in [6, 6.07) is 22.9. The Kier molecular flexibility index (Phi) is 9.87. The number of carbonyl (C=O) groups excluding carboxylic acids is 2. The van der Waals surface area contributed by atoms with Gasteiger partial charge >= 0.3 is 0 Å². The average Bonchev–Trinajstić information content (AvgIpc) is 3.42. The van der Waals surface area contributed by atoms with Crippen LogP contribution in [0.4, 0.5) is 5.69 Å². The largest absolute Gasteiger partial charge is 0.352 e. The van der Waals surface area contributed by atoms with Crippen LogP contribution in [0.3, 0.4) is 0 Å². The van der Waals surface area contributed by atoms with E-state index in [-0.39, 0.29) is 24.2 Å². The zero-order valence-electron chi connectivity index (χ0n) is 22.9. The van der Waals surface area contributed by atoms with Crippen molar-refractivity contribution < 1.29 is 18.0 Å². The number of carbonyl (C=O) groups is 2. The van der Waals surface area contributed by atoms with Crippen LogP contribution in [0.5, 0.6) is 0 Å². The third-order valence-corrected chi connectivity index (χ3v) is 8.56. The Morgan fingerprint density at radius 1 is 0.950 bits per heavy atom. The second-order valence-corrected chi connectivity index (χ2v) is 12.8. The maximum absolute atomic E-state index is 14.1. The molecule has 3 aromatic carbocycles. The van der Waals surface area contributed by atoms with E-state index in [1.807, 2.05) is 61.5 Å². The van der Waals surface area contributed by atoms with Crippen molar-refractivity contribution in [2.75, 3.05) is 17.1 Å². The van der Waals surface area contributed by atoms with Crippen molar-refractivity contribution in [2.24, 2.45) is 0 Å². The van der Waals surface area contributed by atoms with Gasteiger partial charge in [0.2, 0.25) is 21.8 Å². The van der Waals surface area contributed by atoms with Crippen LogP contribution in [0.15, 0.2) is 78.9 Å².